The molecular weight excluding hydrogens is 236 g/mol. The number of hydrogen-bond donors (Lipinski definition) is 0. The highest BCUT2D eigenvalue weighted by atomic mass is 16.5. The molecule has 3 heteroatoms. The van der Waals surface area contributed by atoms with Crippen molar-refractivity contribution in [3.05, 3.63) is 47.2 Å². The van der Waals surface area contributed by atoms with E-state index in [1.165, 1.54) is 5.57 Å². The number of hydrogen-bond acceptors (Lipinski definition) is 3. The zero-order valence-electron chi connectivity index (χ0n) is 10.8. The van der Waals surface area contributed by atoms with Gasteiger partial charge in [-0.1, -0.05) is 18.2 Å². The molecule has 0 saturated heterocycles. The number of ether oxygens (including phenoxy) is 1. The summed E-state index contributed by atoms with van der Waals surface area (Å²) < 4.78 is 5.20. The maximum atomic E-state index is 9.84. The topological polar surface area (TPSA) is 45.9 Å². The molecule has 1 heterocycles. The van der Waals surface area contributed by atoms with Gasteiger partial charge in [0.15, 0.2) is 0 Å². The SMILES string of the molecule is C=C1C2C=C3C[C@H]3C1(C#N)c1ccc(OC)nc1C2. The maximum absolute atomic E-state index is 9.84. The molecule has 0 aromatic carbocycles. The Balaban J connectivity index is 1.99. The molecule has 94 valence electrons. The molecule has 4 rings (SSSR count). The Morgan fingerprint density at radius 3 is 3.05 bits per heavy atom. The lowest BCUT2D eigenvalue weighted by Crippen LogP contribution is -2.40. The maximum Gasteiger partial charge on any atom is 0.213 e. The van der Waals surface area contributed by atoms with Crippen LogP contribution in [0.2, 0.25) is 0 Å². The molecule has 3 atom stereocenters. The Kier molecular flexibility index (Phi) is 1.86. The zero-order valence-corrected chi connectivity index (χ0v) is 10.8. The second kappa shape index (κ2) is 3.27. The second-order valence-electron chi connectivity index (χ2n) is 5.60. The van der Waals surface area contributed by atoms with E-state index >= 15 is 0 Å². The van der Waals surface area contributed by atoms with E-state index in [4.69, 9.17) is 4.74 Å². The van der Waals surface area contributed by atoms with Crippen LogP contribution in [0, 0.1) is 23.2 Å². The highest BCUT2D eigenvalue weighted by Gasteiger charge is 2.59. The van der Waals surface area contributed by atoms with Crippen molar-refractivity contribution < 1.29 is 4.74 Å². The first-order chi connectivity index (χ1) is 9.20. The molecule has 0 amide bonds. The van der Waals surface area contributed by atoms with Gasteiger partial charge in [-0.25, -0.2) is 4.98 Å². The molecule has 3 nitrogen and oxygen atoms in total. The Morgan fingerprint density at radius 1 is 1.47 bits per heavy atom. The number of nitriles is 1. The summed E-state index contributed by atoms with van der Waals surface area (Å²) in [5.74, 6) is 1.22. The van der Waals surface area contributed by atoms with Crippen LogP contribution in [0.25, 0.3) is 0 Å². The fourth-order valence-electron chi connectivity index (χ4n) is 3.74. The van der Waals surface area contributed by atoms with Crippen LogP contribution < -0.4 is 4.74 Å². The van der Waals surface area contributed by atoms with E-state index in [9.17, 15) is 5.26 Å². The van der Waals surface area contributed by atoms with Gasteiger partial charge in [0.05, 0.1) is 18.9 Å². The summed E-state index contributed by atoms with van der Waals surface area (Å²) in [6.45, 7) is 4.23. The molecule has 19 heavy (non-hydrogen) atoms. The predicted molar refractivity (Wildman–Crippen MR) is 70.6 cm³/mol. The Bertz CT molecular complexity index is 682. The van der Waals surface area contributed by atoms with Crippen molar-refractivity contribution >= 4 is 0 Å². The van der Waals surface area contributed by atoms with Crippen LogP contribution in [-0.4, -0.2) is 12.1 Å². The molecule has 1 aromatic heterocycles. The van der Waals surface area contributed by atoms with Gasteiger partial charge in [0.1, 0.15) is 5.41 Å². The molecule has 1 fully saturated rings. The molecule has 0 radical (unpaired) electrons. The lowest BCUT2D eigenvalue weighted by Gasteiger charge is -2.41. The molecule has 3 aliphatic rings. The quantitative estimate of drug-likeness (QED) is 0.719. The molecule has 2 bridgehead atoms. The summed E-state index contributed by atoms with van der Waals surface area (Å²) in [5.41, 5.74) is 3.99. The highest BCUT2D eigenvalue weighted by molar-refractivity contribution is 5.60. The fraction of sp³-hybridized carbons (Fsp3) is 0.375. The van der Waals surface area contributed by atoms with Crippen LogP contribution in [0.3, 0.4) is 0 Å². The number of allylic oxidation sites excluding steroid dienone is 3. The van der Waals surface area contributed by atoms with E-state index in [1.54, 1.807) is 7.11 Å². The first-order valence-electron chi connectivity index (χ1n) is 6.56. The van der Waals surface area contributed by atoms with Crippen LogP contribution in [-0.2, 0) is 11.8 Å². The average Bonchev–Trinajstić information content (AvgIpc) is 3.18. The molecular formula is C16H14N2O. The van der Waals surface area contributed by atoms with Gasteiger partial charge in [0.25, 0.3) is 0 Å². The third-order valence-corrected chi connectivity index (χ3v) is 4.79. The molecule has 1 saturated carbocycles. The summed E-state index contributed by atoms with van der Waals surface area (Å²) in [5, 5.41) is 9.84. The molecule has 0 N–H and O–H groups in total. The number of rotatable bonds is 1. The number of pyridine rings is 1. The highest BCUT2D eigenvalue weighted by Crippen LogP contribution is 2.63. The molecule has 1 aromatic rings. The largest absolute Gasteiger partial charge is 0.481 e. The minimum atomic E-state index is -0.540. The van der Waals surface area contributed by atoms with Crippen molar-refractivity contribution in [2.24, 2.45) is 11.8 Å². The minimum absolute atomic E-state index is 0.264. The van der Waals surface area contributed by atoms with Gasteiger partial charge < -0.3 is 4.74 Å². The van der Waals surface area contributed by atoms with E-state index in [1.807, 2.05) is 12.1 Å². The standard InChI is InChI=1S/C16H14N2O/c1-9-10-5-11-6-13(11)16(9,8-17)12-3-4-15(19-2)18-14(12)7-10/h3-5,10,13H,1,6-7H2,2H3/t10?,13-,16?/m1/s1. The summed E-state index contributed by atoms with van der Waals surface area (Å²) in [6, 6.07) is 6.42. The van der Waals surface area contributed by atoms with Crippen LogP contribution in [0.15, 0.2) is 35.9 Å². The summed E-state index contributed by atoms with van der Waals surface area (Å²) in [4.78, 5) is 4.55. The van der Waals surface area contributed by atoms with Gasteiger partial charge in [-0.15, -0.1) is 0 Å². The van der Waals surface area contributed by atoms with E-state index in [-0.39, 0.29) is 5.92 Å². The number of methoxy groups -OCH3 is 1. The van der Waals surface area contributed by atoms with E-state index in [0.717, 1.165) is 29.7 Å². The van der Waals surface area contributed by atoms with E-state index in [0.29, 0.717) is 11.8 Å². The van der Waals surface area contributed by atoms with Crippen LogP contribution >= 0.6 is 0 Å². The minimum Gasteiger partial charge on any atom is -0.481 e. The van der Waals surface area contributed by atoms with Gasteiger partial charge in [0.2, 0.25) is 5.88 Å². The van der Waals surface area contributed by atoms with Crippen molar-refractivity contribution in [1.82, 2.24) is 4.98 Å². The lowest BCUT2D eigenvalue weighted by molar-refractivity contribution is 0.389. The van der Waals surface area contributed by atoms with E-state index < -0.39 is 5.41 Å². The summed E-state index contributed by atoms with van der Waals surface area (Å²) in [7, 11) is 1.62. The Labute approximate surface area is 112 Å². The van der Waals surface area contributed by atoms with Crippen molar-refractivity contribution in [2.75, 3.05) is 7.11 Å². The first kappa shape index (κ1) is 10.8. The van der Waals surface area contributed by atoms with Crippen molar-refractivity contribution in [1.29, 1.82) is 5.26 Å². The molecule has 2 unspecified atom stereocenters. The van der Waals surface area contributed by atoms with E-state index in [2.05, 4.69) is 23.7 Å². The monoisotopic (exact) mass is 250 g/mol. The van der Waals surface area contributed by atoms with Gasteiger partial charge >= 0.3 is 0 Å². The van der Waals surface area contributed by atoms with Crippen molar-refractivity contribution in [3.8, 4) is 11.9 Å². The molecule has 0 spiro atoms. The Hall–Kier alpha value is -2.08. The normalized spacial score (nSPS) is 33.7. The van der Waals surface area contributed by atoms with Crippen LogP contribution in [0.4, 0.5) is 0 Å². The number of nitrogens with zero attached hydrogens (tertiary/aromatic N) is 2. The summed E-state index contributed by atoms with van der Waals surface area (Å²) >= 11 is 0. The van der Waals surface area contributed by atoms with Gasteiger partial charge in [-0.2, -0.15) is 5.26 Å². The third kappa shape index (κ3) is 1.14. The Morgan fingerprint density at radius 2 is 2.32 bits per heavy atom. The smallest absolute Gasteiger partial charge is 0.213 e. The van der Waals surface area contributed by atoms with Crippen LogP contribution in [0.1, 0.15) is 17.7 Å². The van der Waals surface area contributed by atoms with Crippen LogP contribution in [0.5, 0.6) is 5.88 Å². The predicted octanol–water partition coefficient (Wildman–Crippen LogP) is 2.54. The fourth-order valence-corrected chi connectivity index (χ4v) is 3.74. The first-order valence-corrected chi connectivity index (χ1v) is 6.56. The zero-order chi connectivity index (χ0) is 13.2. The van der Waals surface area contributed by atoms with Crippen molar-refractivity contribution in [3.63, 3.8) is 0 Å². The van der Waals surface area contributed by atoms with Gasteiger partial charge in [-0.05, 0) is 23.6 Å². The van der Waals surface area contributed by atoms with Gasteiger partial charge in [-0.3, -0.25) is 0 Å². The number of aromatic nitrogens is 1. The second-order valence-corrected chi connectivity index (χ2v) is 5.60. The molecule has 3 aliphatic carbocycles. The average molecular weight is 250 g/mol. The van der Waals surface area contributed by atoms with Crippen molar-refractivity contribution in [2.45, 2.75) is 18.3 Å². The molecule has 0 aliphatic heterocycles. The lowest BCUT2D eigenvalue weighted by atomic mass is 9.60. The third-order valence-electron chi connectivity index (χ3n) is 4.79. The summed E-state index contributed by atoms with van der Waals surface area (Å²) in [6.07, 6.45) is 4.17. The van der Waals surface area contributed by atoms with Gasteiger partial charge in [0, 0.05) is 24.3 Å². The number of fused-ring (bicyclic) bond motifs is 6.